The number of hydrogen-bond acceptors (Lipinski definition) is 3. The maximum absolute atomic E-state index is 12.0. The van der Waals surface area contributed by atoms with Crippen LogP contribution in [0.4, 0.5) is 5.69 Å². The van der Waals surface area contributed by atoms with E-state index in [1.54, 1.807) is 0 Å². The number of piperidine rings is 1. The topological polar surface area (TPSA) is 63.4 Å². The Morgan fingerprint density at radius 1 is 0.952 bits per heavy atom. The molecule has 21 heavy (non-hydrogen) atoms. The summed E-state index contributed by atoms with van der Waals surface area (Å²) in [6, 6.07) is 7.59. The number of benzene rings is 1. The van der Waals surface area contributed by atoms with E-state index in [1.807, 2.05) is 29.2 Å². The van der Waals surface area contributed by atoms with Gasteiger partial charge in [0.05, 0.1) is 0 Å². The van der Waals surface area contributed by atoms with Crippen LogP contribution in [0.15, 0.2) is 24.3 Å². The molecule has 2 rings (SSSR count). The van der Waals surface area contributed by atoms with Gasteiger partial charge in [0, 0.05) is 38.0 Å². The van der Waals surface area contributed by atoms with Crippen LogP contribution in [-0.2, 0) is 16.0 Å². The van der Waals surface area contributed by atoms with Crippen molar-refractivity contribution in [2.45, 2.75) is 44.9 Å². The van der Waals surface area contributed by atoms with Crippen LogP contribution in [0.3, 0.4) is 0 Å². The predicted molar refractivity (Wildman–Crippen MR) is 83.8 cm³/mol. The molecule has 1 aliphatic rings. The van der Waals surface area contributed by atoms with Crippen LogP contribution in [0.2, 0.25) is 0 Å². The third-order valence-electron chi connectivity index (χ3n) is 4.00. The van der Waals surface area contributed by atoms with E-state index < -0.39 is 0 Å². The monoisotopic (exact) mass is 288 g/mol. The number of aryl methyl sites for hydroxylation is 1. The number of ketones is 1. The summed E-state index contributed by atoms with van der Waals surface area (Å²) in [7, 11) is 0. The summed E-state index contributed by atoms with van der Waals surface area (Å²) in [6.07, 6.45) is 5.34. The summed E-state index contributed by atoms with van der Waals surface area (Å²) in [4.78, 5) is 25.7. The number of nitrogens with two attached hydrogens (primary N) is 1. The minimum Gasteiger partial charge on any atom is -0.399 e. The Hall–Kier alpha value is -1.84. The molecule has 0 atom stereocenters. The first-order valence-corrected chi connectivity index (χ1v) is 7.79. The molecular weight excluding hydrogens is 264 g/mol. The Labute approximate surface area is 126 Å². The number of nitrogens with zero attached hydrogens (tertiary/aromatic N) is 1. The molecule has 4 nitrogen and oxygen atoms in total. The molecule has 0 unspecified atom stereocenters. The molecule has 0 saturated carbocycles. The van der Waals surface area contributed by atoms with Crippen LogP contribution in [0.25, 0.3) is 0 Å². The summed E-state index contributed by atoms with van der Waals surface area (Å²) in [5.74, 6) is 0.299. The van der Waals surface area contributed by atoms with Crippen molar-refractivity contribution in [3.8, 4) is 0 Å². The van der Waals surface area contributed by atoms with E-state index in [2.05, 4.69) is 0 Å². The lowest BCUT2D eigenvalue weighted by Crippen LogP contribution is -2.35. The first kappa shape index (κ1) is 15.5. The predicted octanol–water partition coefficient (Wildman–Crippen LogP) is 2.56. The number of nitrogen functional groups attached to an aromatic ring is 1. The van der Waals surface area contributed by atoms with Gasteiger partial charge in [0.2, 0.25) is 5.91 Å². The third kappa shape index (κ3) is 5.21. The molecule has 1 fully saturated rings. The molecule has 1 aliphatic heterocycles. The zero-order valence-electron chi connectivity index (χ0n) is 12.5. The summed E-state index contributed by atoms with van der Waals surface area (Å²) in [5, 5.41) is 0. The number of hydrogen-bond donors (Lipinski definition) is 1. The van der Waals surface area contributed by atoms with E-state index in [1.165, 1.54) is 6.42 Å². The van der Waals surface area contributed by atoms with Gasteiger partial charge in [-0.1, -0.05) is 12.1 Å². The maximum Gasteiger partial charge on any atom is 0.223 e. The van der Waals surface area contributed by atoms with E-state index in [9.17, 15) is 9.59 Å². The maximum atomic E-state index is 12.0. The van der Waals surface area contributed by atoms with Gasteiger partial charge < -0.3 is 10.6 Å². The van der Waals surface area contributed by atoms with Crippen LogP contribution in [-0.4, -0.2) is 29.7 Å². The molecule has 1 aromatic rings. The first-order valence-electron chi connectivity index (χ1n) is 7.79. The van der Waals surface area contributed by atoms with Gasteiger partial charge in [-0.25, -0.2) is 0 Å². The fourth-order valence-corrected chi connectivity index (χ4v) is 2.64. The molecule has 0 bridgehead atoms. The Bertz CT molecular complexity index is 476. The van der Waals surface area contributed by atoms with E-state index in [-0.39, 0.29) is 11.7 Å². The van der Waals surface area contributed by atoms with Crippen molar-refractivity contribution in [3.63, 3.8) is 0 Å². The largest absolute Gasteiger partial charge is 0.399 e. The Morgan fingerprint density at radius 2 is 1.62 bits per heavy atom. The lowest BCUT2D eigenvalue weighted by Gasteiger charge is -2.26. The second-order valence-electron chi connectivity index (χ2n) is 5.72. The molecule has 1 saturated heterocycles. The fraction of sp³-hybridized carbons (Fsp3) is 0.529. The van der Waals surface area contributed by atoms with Crippen molar-refractivity contribution < 1.29 is 9.59 Å². The molecule has 0 radical (unpaired) electrons. The number of anilines is 1. The van der Waals surface area contributed by atoms with Gasteiger partial charge in [-0.15, -0.1) is 0 Å². The van der Waals surface area contributed by atoms with Crippen molar-refractivity contribution in [2.24, 2.45) is 0 Å². The van der Waals surface area contributed by atoms with Crippen molar-refractivity contribution in [1.29, 1.82) is 0 Å². The number of rotatable bonds is 6. The minimum atomic E-state index is 0.135. The van der Waals surface area contributed by atoms with Gasteiger partial charge in [-0.2, -0.15) is 0 Å². The SMILES string of the molecule is Nc1ccc(CCC(=O)CCC(=O)N2CCCCC2)cc1. The highest BCUT2D eigenvalue weighted by Gasteiger charge is 2.17. The van der Waals surface area contributed by atoms with Crippen LogP contribution in [0, 0.1) is 0 Å². The van der Waals surface area contributed by atoms with Crippen molar-refractivity contribution in [2.75, 3.05) is 18.8 Å². The van der Waals surface area contributed by atoms with Gasteiger partial charge in [0.15, 0.2) is 0 Å². The first-order chi connectivity index (χ1) is 10.1. The van der Waals surface area contributed by atoms with E-state index >= 15 is 0 Å². The molecule has 1 amide bonds. The van der Waals surface area contributed by atoms with Gasteiger partial charge in [0.25, 0.3) is 0 Å². The van der Waals surface area contributed by atoms with Crippen LogP contribution in [0.5, 0.6) is 0 Å². The van der Waals surface area contributed by atoms with Crippen molar-refractivity contribution in [3.05, 3.63) is 29.8 Å². The van der Waals surface area contributed by atoms with Crippen molar-refractivity contribution in [1.82, 2.24) is 4.90 Å². The molecule has 0 spiro atoms. The Kier molecular flexibility index (Phi) is 5.78. The smallest absolute Gasteiger partial charge is 0.223 e. The lowest BCUT2D eigenvalue weighted by atomic mass is 10.0. The zero-order chi connectivity index (χ0) is 15.1. The third-order valence-corrected chi connectivity index (χ3v) is 4.00. The Morgan fingerprint density at radius 3 is 2.29 bits per heavy atom. The number of carbonyl (C=O) groups is 2. The van der Waals surface area contributed by atoms with Gasteiger partial charge >= 0.3 is 0 Å². The normalized spacial score (nSPS) is 15.0. The summed E-state index contributed by atoms with van der Waals surface area (Å²) >= 11 is 0. The molecule has 1 aromatic carbocycles. The van der Waals surface area contributed by atoms with Crippen LogP contribution >= 0.6 is 0 Å². The average molecular weight is 288 g/mol. The summed E-state index contributed by atoms with van der Waals surface area (Å²) < 4.78 is 0. The molecule has 1 heterocycles. The molecule has 0 aliphatic carbocycles. The molecular formula is C17H24N2O2. The van der Waals surface area contributed by atoms with Gasteiger partial charge in [-0.05, 0) is 43.4 Å². The lowest BCUT2D eigenvalue weighted by molar-refractivity contribution is -0.134. The highest BCUT2D eigenvalue weighted by molar-refractivity contribution is 5.85. The fourth-order valence-electron chi connectivity index (χ4n) is 2.64. The van der Waals surface area contributed by atoms with E-state index in [4.69, 9.17) is 5.73 Å². The Balaban J connectivity index is 1.67. The second-order valence-corrected chi connectivity index (χ2v) is 5.72. The van der Waals surface area contributed by atoms with Gasteiger partial charge in [0.1, 0.15) is 5.78 Å². The van der Waals surface area contributed by atoms with E-state index in [0.29, 0.717) is 19.3 Å². The van der Waals surface area contributed by atoms with Crippen LogP contribution < -0.4 is 5.73 Å². The van der Waals surface area contributed by atoms with Crippen LogP contribution in [0.1, 0.15) is 44.1 Å². The number of Topliss-reactive ketones (excluding diaryl/α,β-unsaturated/α-hetero) is 1. The quantitative estimate of drug-likeness (QED) is 0.818. The number of carbonyl (C=O) groups excluding carboxylic acids is 2. The highest BCUT2D eigenvalue weighted by atomic mass is 16.2. The average Bonchev–Trinajstić information content (AvgIpc) is 2.53. The van der Waals surface area contributed by atoms with Gasteiger partial charge in [-0.3, -0.25) is 9.59 Å². The second kappa shape index (κ2) is 7.81. The highest BCUT2D eigenvalue weighted by Crippen LogP contribution is 2.12. The summed E-state index contributed by atoms with van der Waals surface area (Å²) in [5.41, 5.74) is 7.47. The zero-order valence-corrected chi connectivity index (χ0v) is 12.5. The summed E-state index contributed by atoms with van der Waals surface area (Å²) in [6.45, 7) is 1.72. The standard InChI is InChI=1S/C17H24N2O2/c18-15-7-4-14(5-8-15)6-9-16(20)10-11-17(21)19-12-2-1-3-13-19/h4-5,7-8H,1-3,6,9-13,18H2. The minimum absolute atomic E-state index is 0.135. The number of amides is 1. The molecule has 2 N–H and O–H groups in total. The number of likely N-dealkylation sites (tertiary alicyclic amines) is 1. The van der Waals surface area contributed by atoms with E-state index in [0.717, 1.165) is 43.6 Å². The molecule has 0 aromatic heterocycles. The van der Waals surface area contributed by atoms with Crippen molar-refractivity contribution >= 4 is 17.4 Å². The molecule has 4 heteroatoms. The molecule has 114 valence electrons.